The van der Waals surface area contributed by atoms with Crippen LogP contribution in [0.1, 0.15) is 25.0 Å². The van der Waals surface area contributed by atoms with Gasteiger partial charge >= 0.3 is 0 Å². The van der Waals surface area contributed by atoms with E-state index in [2.05, 4.69) is 44.7 Å². The van der Waals surface area contributed by atoms with Gasteiger partial charge in [-0.05, 0) is 49.1 Å². The minimum absolute atomic E-state index is 0.588. The lowest BCUT2D eigenvalue weighted by Crippen LogP contribution is -1.94. The molecule has 1 aromatic carbocycles. The van der Waals surface area contributed by atoms with E-state index in [0.29, 0.717) is 5.70 Å². The van der Waals surface area contributed by atoms with Gasteiger partial charge < -0.3 is 5.73 Å². The van der Waals surface area contributed by atoms with Crippen LogP contribution in [0.3, 0.4) is 0 Å². The average molecular weight is 213 g/mol. The van der Waals surface area contributed by atoms with Gasteiger partial charge in [0.05, 0.1) is 0 Å². The summed E-state index contributed by atoms with van der Waals surface area (Å²) in [5.74, 6) is 0. The molecule has 0 radical (unpaired) electrons. The van der Waals surface area contributed by atoms with Crippen molar-refractivity contribution >= 4 is 5.57 Å². The first-order valence-corrected chi connectivity index (χ1v) is 5.41. The summed E-state index contributed by atoms with van der Waals surface area (Å²) in [4.78, 5) is 0. The Kier molecular flexibility index (Phi) is 4.12. The van der Waals surface area contributed by atoms with Crippen molar-refractivity contribution in [3.05, 3.63) is 65.4 Å². The summed E-state index contributed by atoms with van der Waals surface area (Å²) >= 11 is 0. The highest BCUT2D eigenvalue weighted by Crippen LogP contribution is 2.25. The van der Waals surface area contributed by atoms with E-state index in [0.717, 1.165) is 5.57 Å². The van der Waals surface area contributed by atoms with E-state index in [1.165, 1.54) is 16.7 Å². The molecular weight excluding hydrogens is 194 g/mol. The van der Waals surface area contributed by atoms with Crippen LogP contribution in [0.25, 0.3) is 5.57 Å². The second-order valence-corrected chi connectivity index (χ2v) is 3.92. The third-order valence-electron chi connectivity index (χ3n) is 2.55. The molecule has 1 heteroatoms. The molecule has 0 amide bonds. The summed E-state index contributed by atoms with van der Waals surface area (Å²) in [6, 6.07) is 8.34. The number of nitrogens with two attached hydrogens (primary N) is 1. The van der Waals surface area contributed by atoms with Gasteiger partial charge in [-0.25, -0.2) is 0 Å². The monoisotopic (exact) mass is 213 g/mol. The third-order valence-corrected chi connectivity index (χ3v) is 2.55. The first-order valence-electron chi connectivity index (χ1n) is 5.41. The number of aryl methyl sites for hydroxylation is 1. The maximum atomic E-state index is 5.60. The van der Waals surface area contributed by atoms with E-state index in [1.54, 1.807) is 0 Å². The summed E-state index contributed by atoms with van der Waals surface area (Å²) < 4.78 is 0. The van der Waals surface area contributed by atoms with Crippen LogP contribution in [0.15, 0.2) is 54.3 Å². The molecule has 0 aliphatic rings. The molecule has 1 rings (SSSR count). The second kappa shape index (κ2) is 5.36. The molecule has 2 N–H and O–H groups in total. The number of hydrogen-bond acceptors (Lipinski definition) is 1. The van der Waals surface area contributed by atoms with Crippen molar-refractivity contribution < 1.29 is 0 Å². The first kappa shape index (κ1) is 12.3. The van der Waals surface area contributed by atoms with E-state index in [1.807, 2.05) is 19.1 Å². The Morgan fingerprint density at radius 2 is 1.94 bits per heavy atom. The Bertz CT molecular complexity index is 450. The van der Waals surface area contributed by atoms with Crippen molar-refractivity contribution in [2.24, 2.45) is 5.73 Å². The van der Waals surface area contributed by atoms with Crippen LogP contribution in [-0.4, -0.2) is 0 Å². The molecule has 0 aliphatic heterocycles. The number of allylic oxidation sites excluding steroid dienone is 4. The van der Waals surface area contributed by atoms with Crippen LogP contribution >= 0.6 is 0 Å². The molecule has 0 spiro atoms. The van der Waals surface area contributed by atoms with Gasteiger partial charge in [-0.2, -0.15) is 0 Å². The summed E-state index contributed by atoms with van der Waals surface area (Å²) in [5.41, 5.74) is 11.1. The summed E-state index contributed by atoms with van der Waals surface area (Å²) in [6.45, 7) is 9.91. The molecule has 84 valence electrons. The molecule has 0 aliphatic carbocycles. The molecule has 0 unspecified atom stereocenters. The fourth-order valence-corrected chi connectivity index (χ4v) is 1.83. The maximum Gasteiger partial charge on any atom is 0.0243 e. The van der Waals surface area contributed by atoms with Gasteiger partial charge in [-0.15, -0.1) is 0 Å². The zero-order valence-electron chi connectivity index (χ0n) is 10.2. The van der Waals surface area contributed by atoms with Crippen LogP contribution in [0.5, 0.6) is 0 Å². The van der Waals surface area contributed by atoms with E-state index < -0.39 is 0 Å². The van der Waals surface area contributed by atoms with Crippen molar-refractivity contribution in [2.45, 2.75) is 20.8 Å². The molecule has 16 heavy (non-hydrogen) atoms. The predicted octanol–water partition coefficient (Wildman–Crippen LogP) is 3.82. The molecule has 0 saturated heterocycles. The lowest BCUT2D eigenvalue weighted by molar-refractivity contribution is 1.36. The molecule has 0 saturated carbocycles. The Balaban J connectivity index is 3.20. The highest BCUT2D eigenvalue weighted by molar-refractivity contribution is 5.80. The Morgan fingerprint density at radius 3 is 2.44 bits per heavy atom. The molecule has 0 aromatic heterocycles. The van der Waals surface area contributed by atoms with Gasteiger partial charge in [0.15, 0.2) is 0 Å². The smallest absolute Gasteiger partial charge is 0.0243 e. The Hall–Kier alpha value is -1.76. The summed E-state index contributed by atoms with van der Waals surface area (Å²) in [5, 5.41) is 0. The molecule has 0 heterocycles. The summed E-state index contributed by atoms with van der Waals surface area (Å²) in [7, 11) is 0. The molecule has 1 aromatic rings. The topological polar surface area (TPSA) is 26.0 Å². The molecule has 0 bridgehead atoms. The highest BCUT2D eigenvalue weighted by Gasteiger charge is 2.05. The Morgan fingerprint density at radius 1 is 1.31 bits per heavy atom. The highest BCUT2D eigenvalue weighted by atomic mass is 14.5. The second-order valence-electron chi connectivity index (χ2n) is 3.92. The van der Waals surface area contributed by atoms with Crippen molar-refractivity contribution in [1.82, 2.24) is 0 Å². The first-order chi connectivity index (χ1) is 7.56. The third kappa shape index (κ3) is 2.86. The number of hydrogen-bond donors (Lipinski definition) is 1. The largest absolute Gasteiger partial charge is 0.399 e. The number of rotatable bonds is 3. The van der Waals surface area contributed by atoms with E-state index in [-0.39, 0.29) is 0 Å². The zero-order chi connectivity index (χ0) is 12.1. The van der Waals surface area contributed by atoms with Crippen LogP contribution in [0.2, 0.25) is 0 Å². The van der Waals surface area contributed by atoms with Gasteiger partial charge in [0.1, 0.15) is 0 Å². The lowest BCUT2D eigenvalue weighted by atomic mass is 9.94. The van der Waals surface area contributed by atoms with E-state index >= 15 is 0 Å². The van der Waals surface area contributed by atoms with Crippen LogP contribution in [0, 0.1) is 6.92 Å². The van der Waals surface area contributed by atoms with Crippen LogP contribution in [0.4, 0.5) is 0 Å². The van der Waals surface area contributed by atoms with E-state index in [9.17, 15) is 0 Å². The SMILES string of the molecule is C=C(N)/C=C(C)\C(=C/C)c1ccccc1C. The van der Waals surface area contributed by atoms with Crippen molar-refractivity contribution in [3.8, 4) is 0 Å². The predicted molar refractivity (Wildman–Crippen MR) is 71.9 cm³/mol. The van der Waals surface area contributed by atoms with Crippen molar-refractivity contribution in [1.29, 1.82) is 0 Å². The quantitative estimate of drug-likeness (QED) is 0.759. The standard InChI is InChI=1S/C15H19N/c1-5-14(12(3)10-13(4)16)15-9-7-6-8-11(15)2/h5-10H,4,16H2,1-3H3/b12-10-,14-5+. The minimum atomic E-state index is 0.588. The fraction of sp³-hybridized carbons (Fsp3) is 0.200. The average Bonchev–Trinajstić information content (AvgIpc) is 2.20. The fourth-order valence-electron chi connectivity index (χ4n) is 1.83. The zero-order valence-corrected chi connectivity index (χ0v) is 10.2. The van der Waals surface area contributed by atoms with Crippen molar-refractivity contribution in [3.63, 3.8) is 0 Å². The van der Waals surface area contributed by atoms with Gasteiger partial charge in [-0.1, -0.05) is 36.9 Å². The maximum absolute atomic E-state index is 5.60. The van der Waals surface area contributed by atoms with Gasteiger partial charge in [0.2, 0.25) is 0 Å². The van der Waals surface area contributed by atoms with Crippen molar-refractivity contribution in [2.75, 3.05) is 0 Å². The van der Waals surface area contributed by atoms with Crippen LogP contribution in [-0.2, 0) is 0 Å². The Labute approximate surface area is 98.0 Å². The number of benzene rings is 1. The molecule has 0 atom stereocenters. The minimum Gasteiger partial charge on any atom is -0.399 e. The molecule has 1 nitrogen and oxygen atoms in total. The van der Waals surface area contributed by atoms with Gasteiger partial charge in [0.25, 0.3) is 0 Å². The van der Waals surface area contributed by atoms with Gasteiger partial charge in [0, 0.05) is 5.70 Å². The molecule has 0 fully saturated rings. The normalized spacial score (nSPS) is 12.7. The van der Waals surface area contributed by atoms with Crippen LogP contribution < -0.4 is 5.73 Å². The van der Waals surface area contributed by atoms with E-state index in [4.69, 9.17) is 5.73 Å². The van der Waals surface area contributed by atoms with Gasteiger partial charge in [-0.3, -0.25) is 0 Å². The molecular formula is C15H19N. The lowest BCUT2D eigenvalue weighted by Gasteiger charge is -2.11. The summed E-state index contributed by atoms with van der Waals surface area (Å²) in [6.07, 6.45) is 4.01.